The molecule has 0 saturated carbocycles. The van der Waals surface area contributed by atoms with Gasteiger partial charge in [-0.2, -0.15) is 0 Å². The molecule has 0 spiro atoms. The Labute approximate surface area is 163 Å². The number of hydrogen-bond donors (Lipinski definition) is 0. The molecule has 0 atom stereocenters. The number of ether oxygens (including phenoxy) is 2. The molecule has 5 rings (SSSR count). The molecule has 0 unspecified atom stereocenters. The minimum absolute atomic E-state index is 0.125. The summed E-state index contributed by atoms with van der Waals surface area (Å²) < 4.78 is 12.9. The fourth-order valence-corrected chi connectivity index (χ4v) is 4.09. The number of fused-ring (bicyclic) bond motifs is 2. The summed E-state index contributed by atoms with van der Waals surface area (Å²) in [5.74, 6) is 1.76. The lowest BCUT2D eigenvalue weighted by molar-refractivity contribution is 0.0630. The lowest BCUT2D eigenvalue weighted by Crippen LogP contribution is -2.48. The molecular formula is C22H23N3O3. The molecule has 2 aromatic carbocycles. The van der Waals surface area contributed by atoms with Crippen LogP contribution in [0, 0.1) is 0 Å². The van der Waals surface area contributed by atoms with Crippen molar-refractivity contribution in [2.24, 2.45) is 7.05 Å². The molecule has 1 fully saturated rings. The third kappa shape index (κ3) is 2.99. The highest BCUT2D eigenvalue weighted by Gasteiger charge is 2.25. The molecule has 0 aliphatic carbocycles. The van der Waals surface area contributed by atoms with E-state index < -0.39 is 0 Å². The Morgan fingerprint density at radius 3 is 2.64 bits per heavy atom. The van der Waals surface area contributed by atoms with Gasteiger partial charge in [-0.25, -0.2) is 0 Å². The molecule has 1 amide bonds. The first-order valence-corrected chi connectivity index (χ1v) is 9.63. The number of aryl methyl sites for hydroxylation is 1. The molecule has 6 nitrogen and oxygen atoms in total. The lowest BCUT2D eigenvalue weighted by Gasteiger charge is -2.34. The molecule has 144 valence electrons. The van der Waals surface area contributed by atoms with Crippen LogP contribution in [-0.2, 0) is 13.6 Å². The van der Waals surface area contributed by atoms with Gasteiger partial charge in [0.15, 0.2) is 11.5 Å². The van der Waals surface area contributed by atoms with Gasteiger partial charge in [0.1, 0.15) is 0 Å². The number of amides is 1. The van der Waals surface area contributed by atoms with Gasteiger partial charge in [0, 0.05) is 56.9 Å². The number of nitrogens with zero attached hydrogens (tertiary/aromatic N) is 3. The monoisotopic (exact) mass is 377 g/mol. The molecule has 1 aromatic heterocycles. The SMILES string of the molecule is Cn1cc(C(=O)N2CCN(Cc3ccc4c(c3)OCO4)CC2)c2ccccc21. The first kappa shape index (κ1) is 17.1. The van der Waals surface area contributed by atoms with Crippen molar-refractivity contribution in [3.05, 3.63) is 59.8 Å². The Morgan fingerprint density at radius 2 is 1.79 bits per heavy atom. The minimum Gasteiger partial charge on any atom is -0.454 e. The normalized spacial score (nSPS) is 16.7. The van der Waals surface area contributed by atoms with Crippen LogP contribution in [0.15, 0.2) is 48.7 Å². The van der Waals surface area contributed by atoms with Crippen LogP contribution in [0.1, 0.15) is 15.9 Å². The average molecular weight is 377 g/mol. The zero-order valence-corrected chi connectivity index (χ0v) is 15.9. The van der Waals surface area contributed by atoms with Crippen molar-refractivity contribution in [3.63, 3.8) is 0 Å². The smallest absolute Gasteiger partial charge is 0.256 e. The molecule has 0 bridgehead atoms. The molecule has 2 aliphatic rings. The summed E-state index contributed by atoms with van der Waals surface area (Å²) in [5.41, 5.74) is 3.09. The number of hydrogen-bond acceptors (Lipinski definition) is 4. The molecule has 0 N–H and O–H groups in total. The van der Waals surface area contributed by atoms with Gasteiger partial charge < -0.3 is 18.9 Å². The van der Waals surface area contributed by atoms with Gasteiger partial charge in [-0.3, -0.25) is 9.69 Å². The maximum atomic E-state index is 13.1. The average Bonchev–Trinajstić information content (AvgIpc) is 3.32. The highest BCUT2D eigenvalue weighted by Crippen LogP contribution is 2.33. The fraction of sp³-hybridized carbons (Fsp3) is 0.318. The number of rotatable bonds is 3. The second kappa shape index (κ2) is 6.87. The van der Waals surface area contributed by atoms with Crippen molar-refractivity contribution in [2.75, 3.05) is 33.0 Å². The molecule has 28 heavy (non-hydrogen) atoms. The maximum absolute atomic E-state index is 13.1. The van der Waals surface area contributed by atoms with Crippen LogP contribution in [0.5, 0.6) is 11.5 Å². The van der Waals surface area contributed by atoms with E-state index in [-0.39, 0.29) is 5.91 Å². The summed E-state index contributed by atoms with van der Waals surface area (Å²) in [4.78, 5) is 17.4. The lowest BCUT2D eigenvalue weighted by atomic mass is 10.1. The Morgan fingerprint density at radius 1 is 1.00 bits per heavy atom. The van der Waals surface area contributed by atoms with Gasteiger partial charge in [-0.15, -0.1) is 0 Å². The standard InChI is InChI=1S/C22H23N3O3/c1-23-14-18(17-4-2-3-5-19(17)23)22(26)25-10-8-24(9-11-25)13-16-6-7-20-21(12-16)28-15-27-20/h2-7,12,14H,8-11,13,15H2,1H3. The zero-order chi connectivity index (χ0) is 19.1. The van der Waals surface area contributed by atoms with Gasteiger partial charge in [0.25, 0.3) is 5.91 Å². The highest BCUT2D eigenvalue weighted by molar-refractivity contribution is 6.07. The van der Waals surface area contributed by atoms with Crippen LogP contribution in [0.3, 0.4) is 0 Å². The highest BCUT2D eigenvalue weighted by atomic mass is 16.7. The van der Waals surface area contributed by atoms with E-state index in [0.717, 1.165) is 60.7 Å². The van der Waals surface area contributed by atoms with Gasteiger partial charge in [-0.05, 0) is 23.8 Å². The first-order chi connectivity index (χ1) is 13.7. The van der Waals surface area contributed by atoms with E-state index in [1.807, 2.05) is 47.0 Å². The quantitative estimate of drug-likeness (QED) is 0.704. The largest absolute Gasteiger partial charge is 0.454 e. The first-order valence-electron chi connectivity index (χ1n) is 9.63. The van der Waals surface area contributed by atoms with Crippen LogP contribution in [-0.4, -0.2) is 53.2 Å². The Bertz CT molecular complexity index is 1030. The van der Waals surface area contributed by atoms with E-state index in [0.29, 0.717) is 6.79 Å². The van der Waals surface area contributed by atoms with Crippen LogP contribution < -0.4 is 9.47 Å². The van der Waals surface area contributed by atoms with E-state index in [4.69, 9.17) is 9.47 Å². The summed E-state index contributed by atoms with van der Waals surface area (Å²) >= 11 is 0. The number of piperazine rings is 1. The number of aromatic nitrogens is 1. The van der Waals surface area contributed by atoms with Gasteiger partial charge >= 0.3 is 0 Å². The van der Waals surface area contributed by atoms with Gasteiger partial charge in [0.2, 0.25) is 6.79 Å². The second-order valence-corrected chi connectivity index (χ2v) is 7.43. The van der Waals surface area contributed by atoms with E-state index in [2.05, 4.69) is 23.1 Å². The van der Waals surface area contributed by atoms with Crippen molar-refractivity contribution in [2.45, 2.75) is 6.54 Å². The van der Waals surface area contributed by atoms with E-state index in [1.54, 1.807) is 0 Å². The number of carbonyl (C=O) groups is 1. The summed E-state index contributed by atoms with van der Waals surface area (Å²) in [5, 5.41) is 1.03. The second-order valence-electron chi connectivity index (χ2n) is 7.43. The third-order valence-electron chi connectivity index (χ3n) is 5.63. The van der Waals surface area contributed by atoms with Crippen LogP contribution in [0.4, 0.5) is 0 Å². The van der Waals surface area contributed by atoms with Crippen LogP contribution >= 0.6 is 0 Å². The molecule has 6 heteroatoms. The van der Waals surface area contributed by atoms with E-state index >= 15 is 0 Å². The van der Waals surface area contributed by atoms with Gasteiger partial charge in [0.05, 0.1) is 5.56 Å². The number of benzene rings is 2. The number of carbonyl (C=O) groups excluding carboxylic acids is 1. The van der Waals surface area contributed by atoms with Gasteiger partial charge in [-0.1, -0.05) is 24.3 Å². The molecule has 2 aliphatic heterocycles. The topological polar surface area (TPSA) is 46.9 Å². The predicted molar refractivity (Wildman–Crippen MR) is 107 cm³/mol. The summed E-state index contributed by atoms with van der Waals surface area (Å²) in [6.07, 6.45) is 1.95. The Balaban J connectivity index is 1.25. The molecule has 0 radical (unpaired) electrons. The summed E-state index contributed by atoms with van der Waals surface area (Å²) in [6.45, 7) is 4.37. The molecule has 3 aromatic rings. The van der Waals surface area contributed by atoms with Crippen molar-refractivity contribution in [3.8, 4) is 11.5 Å². The fourth-order valence-electron chi connectivity index (χ4n) is 4.09. The summed E-state index contributed by atoms with van der Waals surface area (Å²) in [7, 11) is 1.99. The van der Waals surface area contributed by atoms with E-state index in [1.165, 1.54) is 5.56 Å². The maximum Gasteiger partial charge on any atom is 0.256 e. The molecular weight excluding hydrogens is 354 g/mol. The predicted octanol–water partition coefficient (Wildman–Crippen LogP) is 2.87. The third-order valence-corrected chi connectivity index (χ3v) is 5.63. The number of para-hydroxylation sites is 1. The Hall–Kier alpha value is -2.99. The van der Waals surface area contributed by atoms with Crippen LogP contribution in [0.25, 0.3) is 10.9 Å². The molecule has 3 heterocycles. The van der Waals surface area contributed by atoms with E-state index in [9.17, 15) is 4.79 Å². The van der Waals surface area contributed by atoms with Crippen LogP contribution in [0.2, 0.25) is 0 Å². The van der Waals surface area contributed by atoms with Crippen molar-refractivity contribution in [1.82, 2.24) is 14.4 Å². The van der Waals surface area contributed by atoms with Crippen molar-refractivity contribution < 1.29 is 14.3 Å². The minimum atomic E-state index is 0.125. The summed E-state index contributed by atoms with van der Waals surface area (Å²) in [6, 6.07) is 14.2. The zero-order valence-electron chi connectivity index (χ0n) is 15.9. The Kier molecular flexibility index (Phi) is 4.20. The molecule has 1 saturated heterocycles. The van der Waals surface area contributed by atoms with Crippen molar-refractivity contribution in [1.29, 1.82) is 0 Å². The van der Waals surface area contributed by atoms with Crippen molar-refractivity contribution >= 4 is 16.8 Å².